The van der Waals surface area contributed by atoms with Crippen molar-refractivity contribution in [3.05, 3.63) is 40.7 Å². The number of fused-ring (bicyclic) bond motifs is 1. The van der Waals surface area contributed by atoms with Gasteiger partial charge in [-0.3, -0.25) is 0 Å². The highest BCUT2D eigenvalue weighted by molar-refractivity contribution is 5.74. The first-order chi connectivity index (χ1) is 5.68. The van der Waals surface area contributed by atoms with Gasteiger partial charge in [0.15, 0.2) is 0 Å². The van der Waals surface area contributed by atoms with Crippen LogP contribution in [-0.4, -0.2) is 0 Å². The third-order valence-electron chi connectivity index (χ3n) is 2.57. The van der Waals surface area contributed by atoms with E-state index in [0.717, 1.165) is 12.0 Å². The number of hydrogen-bond donors (Lipinski definition) is 0. The third kappa shape index (κ3) is 0.970. The van der Waals surface area contributed by atoms with Crippen LogP contribution in [0.4, 0.5) is 4.39 Å². The van der Waals surface area contributed by atoms with Crippen LogP contribution in [0.5, 0.6) is 0 Å². The summed E-state index contributed by atoms with van der Waals surface area (Å²) < 4.78 is 12.8. The van der Waals surface area contributed by atoms with Crippen LogP contribution in [0.15, 0.2) is 23.8 Å². The van der Waals surface area contributed by atoms with Crippen LogP contribution in [0.1, 0.15) is 25.0 Å². The number of allylic oxidation sites excluding steroid dienone is 2. The highest BCUT2D eigenvalue weighted by Gasteiger charge is 2.15. The summed E-state index contributed by atoms with van der Waals surface area (Å²) in [7, 11) is 0. The third-order valence-corrected chi connectivity index (χ3v) is 2.57. The van der Waals surface area contributed by atoms with Crippen LogP contribution in [0, 0.1) is 5.82 Å². The molecule has 0 amide bonds. The smallest absolute Gasteiger partial charge is 0.123 e. The molecule has 0 saturated carbocycles. The fourth-order valence-electron chi connectivity index (χ4n) is 1.70. The molecule has 0 nitrogen and oxygen atoms in total. The molecule has 0 fully saturated rings. The molecule has 62 valence electrons. The van der Waals surface area contributed by atoms with Crippen LogP contribution in [0.3, 0.4) is 0 Å². The molecule has 0 spiro atoms. The molecular formula is C11H11F. The molecule has 0 aromatic heterocycles. The lowest BCUT2D eigenvalue weighted by Crippen LogP contribution is -1.84. The van der Waals surface area contributed by atoms with Gasteiger partial charge in [-0.05, 0) is 49.1 Å². The Hall–Kier alpha value is -1.11. The topological polar surface area (TPSA) is 0 Å². The average molecular weight is 162 g/mol. The van der Waals surface area contributed by atoms with Gasteiger partial charge < -0.3 is 0 Å². The number of halogens is 1. The lowest BCUT2D eigenvalue weighted by atomic mass is 10.1. The molecule has 0 aliphatic heterocycles. The SMILES string of the molecule is CC1=C(C)c2cc(F)ccc2C1. The van der Waals surface area contributed by atoms with Crippen LogP contribution >= 0.6 is 0 Å². The second-order valence-corrected chi connectivity index (χ2v) is 3.38. The van der Waals surface area contributed by atoms with E-state index in [1.807, 2.05) is 6.07 Å². The van der Waals surface area contributed by atoms with Gasteiger partial charge in [0.2, 0.25) is 0 Å². The van der Waals surface area contributed by atoms with E-state index in [4.69, 9.17) is 0 Å². The molecule has 0 heterocycles. The van der Waals surface area contributed by atoms with E-state index in [1.165, 1.54) is 22.8 Å². The van der Waals surface area contributed by atoms with Crippen LogP contribution in [-0.2, 0) is 6.42 Å². The van der Waals surface area contributed by atoms with E-state index < -0.39 is 0 Å². The average Bonchev–Trinajstić information content (AvgIpc) is 2.31. The summed E-state index contributed by atoms with van der Waals surface area (Å²) in [5.41, 5.74) is 4.94. The van der Waals surface area contributed by atoms with Crippen LogP contribution < -0.4 is 0 Å². The van der Waals surface area contributed by atoms with E-state index in [1.54, 1.807) is 6.07 Å². The monoisotopic (exact) mass is 162 g/mol. The van der Waals surface area contributed by atoms with Gasteiger partial charge in [0.1, 0.15) is 5.82 Å². The van der Waals surface area contributed by atoms with E-state index >= 15 is 0 Å². The number of rotatable bonds is 0. The molecule has 0 N–H and O–H groups in total. The van der Waals surface area contributed by atoms with Gasteiger partial charge in [-0.15, -0.1) is 0 Å². The first-order valence-corrected chi connectivity index (χ1v) is 4.13. The molecule has 2 rings (SSSR count). The Labute approximate surface area is 71.7 Å². The summed E-state index contributed by atoms with van der Waals surface area (Å²) in [5, 5.41) is 0. The van der Waals surface area contributed by atoms with E-state index in [9.17, 15) is 4.39 Å². The summed E-state index contributed by atoms with van der Waals surface area (Å²) in [4.78, 5) is 0. The molecule has 0 unspecified atom stereocenters. The van der Waals surface area contributed by atoms with E-state index in [0.29, 0.717) is 0 Å². The Morgan fingerprint density at radius 2 is 2.00 bits per heavy atom. The molecule has 0 saturated heterocycles. The zero-order valence-electron chi connectivity index (χ0n) is 7.32. The molecular weight excluding hydrogens is 151 g/mol. The maximum absolute atomic E-state index is 12.8. The largest absolute Gasteiger partial charge is 0.207 e. The molecule has 1 aromatic rings. The predicted molar refractivity (Wildman–Crippen MR) is 48.4 cm³/mol. The lowest BCUT2D eigenvalue weighted by molar-refractivity contribution is 0.627. The molecule has 0 radical (unpaired) electrons. The highest BCUT2D eigenvalue weighted by atomic mass is 19.1. The van der Waals surface area contributed by atoms with Crippen molar-refractivity contribution >= 4 is 5.57 Å². The minimum atomic E-state index is -0.136. The van der Waals surface area contributed by atoms with Crippen molar-refractivity contribution < 1.29 is 4.39 Å². The summed E-state index contributed by atoms with van der Waals surface area (Å²) in [5.74, 6) is -0.136. The van der Waals surface area contributed by atoms with Crippen molar-refractivity contribution in [2.24, 2.45) is 0 Å². The Kier molecular flexibility index (Phi) is 1.53. The Bertz CT molecular complexity index is 361. The predicted octanol–water partition coefficient (Wildman–Crippen LogP) is 3.18. The van der Waals surface area contributed by atoms with Crippen molar-refractivity contribution in [3.63, 3.8) is 0 Å². The minimum Gasteiger partial charge on any atom is -0.207 e. The van der Waals surface area contributed by atoms with Gasteiger partial charge in [0.05, 0.1) is 0 Å². The number of benzene rings is 1. The summed E-state index contributed by atoms with van der Waals surface area (Å²) in [6, 6.07) is 5.04. The molecule has 1 aliphatic carbocycles. The lowest BCUT2D eigenvalue weighted by Gasteiger charge is -1.99. The van der Waals surface area contributed by atoms with Gasteiger partial charge >= 0.3 is 0 Å². The summed E-state index contributed by atoms with van der Waals surface area (Å²) in [6.07, 6.45) is 0.988. The van der Waals surface area contributed by atoms with Crippen molar-refractivity contribution in [2.75, 3.05) is 0 Å². The van der Waals surface area contributed by atoms with E-state index in [2.05, 4.69) is 13.8 Å². The van der Waals surface area contributed by atoms with Gasteiger partial charge in [0, 0.05) is 0 Å². The molecule has 0 atom stereocenters. The molecule has 1 aromatic carbocycles. The quantitative estimate of drug-likeness (QED) is 0.549. The zero-order valence-corrected chi connectivity index (χ0v) is 7.32. The van der Waals surface area contributed by atoms with Crippen molar-refractivity contribution in [1.29, 1.82) is 0 Å². The standard InChI is InChI=1S/C11H11F/c1-7-5-9-3-4-10(12)6-11(9)8(7)2/h3-4,6H,5H2,1-2H3. The van der Waals surface area contributed by atoms with Crippen molar-refractivity contribution in [3.8, 4) is 0 Å². The minimum absolute atomic E-state index is 0.136. The normalized spacial score (nSPS) is 15.2. The van der Waals surface area contributed by atoms with Crippen molar-refractivity contribution in [1.82, 2.24) is 0 Å². The van der Waals surface area contributed by atoms with Gasteiger partial charge in [-0.2, -0.15) is 0 Å². The van der Waals surface area contributed by atoms with Crippen molar-refractivity contribution in [2.45, 2.75) is 20.3 Å². The molecule has 1 heteroatoms. The van der Waals surface area contributed by atoms with E-state index in [-0.39, 0.29) is 5.82 Å². The maximum Gasteiger partial charge on any atom is 0.123 e. The van der Waals surface area contributed by atoms with Gasteiger partial charge in [-0.1, -0.05) is 11.6 Å². The fraction of sp³-hybridized carbons (Fsp3) is 0.273. The second kappa shape index (κ2) is 2.44. The molecule has 0 bridgehead atoms. The Morgan fingerprint density at radius 1 is 1.25 bits per heavy atom. The first kappa shape index (κ1) is 7.53. The zero-order chi connectivity index (χ0) is 8.72. The first-order valence-electron chi connectivity index (χ1n) is 4.13. The summed E-state index contributed by atoms with van der Waals surface area (Å²) >= 11 is 0. The van der Waals surface area contributed by atoms with Crippen LogP contribution in [0.2, 0.25) is 0 Å². The van der Waals surface area contributed by atoms with Gasteiger partial charge in [-0.25, -0.2) is 4.39 Å². The van der Waals surface area contributed by atoms with Gasteiger partial charge in [0.25, 0.3) is 0 Å². The highest BCUT2D eigenvalue weighted by Crippen LogP contribution is 2.32. The Balaban J connectivity index is 2.60. The number of hydrogen-bond acceptors (Lipinski definition) is 0. The second-order valence-electron chi connectivity index (χ2n) is 3.38. The summed E-state index contributed by atoms with van der Waals surface area (Å²) in [6.45, 7) is 4.16. The fourth-order valence-corrected chi connectivity index (χ4v) is 1.70. The molecule has 12 heavy (non-hydrogen) atoms. The molecule has 1 aliphatic rings. The van der Waals surface area contributed by atoms with Crippen LogP contribution in [0.25, 0.3) is 5.57 Å². The maximum atomic E-state index is 12.8. The Morgan fingerprint density at radius 3 is 2.75 bits per heavy atom.